The highest BCUT2D eigenvalue weighted by Gasteiger charge is 2.44. The Morgan fingerprint density at radius 1 is 1.14 bits per heavy atom. The summed E-state index contributed by atoms with van der Waals surface area (Å²) in [4.78, 5) is 33.4. The molecule has 114 valence electrons. The molecule has 0 aliphatic carbocycles. The first kappa shape index (κ1) is 16.6. The van der Waals surface area contributed by atoms with Crippen LogP contribution in [-0.2, 0) is 4.79 Å². The number of carboxylic acids is 1. The maximum Gasteiger partial charge on any atom is 0.311 e. The summed E-state index contributed by atoms with van der Waals surface area (Å²) in [5, 5.41) is 22.4. The minimum Gasteiger partial charge on any atom is -0.481 e. The number of nitrogens with one attached hydrogen (secondary N) is 1. The highest BCUT2D eigenvalue weighted by Crippen LogP contribution is 2.31. The Balaban J connectivity index is 2.95. The van der Waals surface area contributed by atoms with Crippen LogP contribution in [0, 0.1) is 15.5 Å². The minimum absolute atomic E-state index is 0.114. The molecule has 0 aromatic heterocycles. The summed E-state index contributed by atoms with van der Waals surface area (Å²) in [6.07, 6.45) is 0. The molecular weight excluding hydrogens is 276 g/mol. The van der Waals surface area contributed by atoms with E-state index in [0.29, 0.717) is 0 Å². The van der Waals surface area contributed by atoms with Crippen LogP contribution in [0.5, 0.6) is 0 Å². The third kappa shape index (κ3) is 3.36. The van der Waals surface area contributed by atoms with Crippen molar-refractivity contribution in [2.45, 2.75) is 33.2 Å². The van der Waals surface area contributed by atoms with Crippen LogP contribution in [0.3, 0.4) is 0 Å². The molecular formula is C14H18N2O5. The number of rotatable bonds is 5. The normalized spacial score (nSPS) is 11.8. The third-order valence-electron chi connectivity index (χ3n) is 3.86. The number of hydrogen-bond acceptors (Lipinski definition) is 4. The van der Waals surface area contributed by atoms with Crippen LogP contribution >= 0.6 is 0 Å². The lowest BCUT2D eigenvalue weighted by Gasteiger charge is -2.38. The smallest absolute Gasteiger partial charge is 0.311 e. The molecule has 21 heavy (non-hydrogen) atoms. The number of nitro benzene ring substituents is 1. The van der Waals surface area contributed by atoms with Gasteiger partial charge in [-0.15, -0.1) is 0 Å². The average molecular weight is 294 g/mol. The molecule has 0 spiro atoms. The summed E-state index contributed by atoms with van der Waals surface area (Å²) < 4.78 is 0. The van der Waals surface area contributed by atoms with E-state index in [4.69, 9.17) is 0 Å². The SMILES string of the molecule is CC(C)(NC(=O)c1ccc([N+](=O)[O-])cc1)C(C)(C)C(=O)O. The number of carbonyl (C=O) groups excluding carboxylic acids is 1. The van der Waals surface area contributed by atoms with E-state index in [0.717, 1.165) is 0 Å². The second-order valence-electron chi connectivity index (χ2n) is 5.81. The van der Waals surface area contributed by atoms with Gasteiger partial charge in [0.1, 0.15) is 0 Å². The van der Waals surface area contributed by atoms with Crippen LogP contribution in [0.4, 0.5) is 5.69 Å². The maximum absolute atomic E-state index is 12.1. The van der Waals surface area contributed by atoms with Gasteiger partial charge in [0.15, 0.2) is 0 Å². The third-order valence-corrected chi connectivity index (χ3v) is 3.86. The number of hydrogen-bond donors (Lipinski definition) is 2. The zero-order chi connectivity index (χ0) is 16.4. The number of aliphatic carboxylic acids is 1. The zero-order valence-electron chi connectivity index (χ0n) is 12.3. The van der Waals surface area contributed by atoms with Crippen molar-refractivity contribution in [3.8, 4) is 0 Å². The lowest BCUT2D eigenvalue weighted by molar-refractivity contribution is -0.384. The Kier molecular flexibility index (Phi) is 4.36. The average Bonchev–Trinajstić information content (AvgIpc) is 2.37. The molecule has 0 saturated heterocycles. The monoisotopic (exact) mass is 294 g/mol. The highest BCUT2D eigenvalue weighted by atomic mass is 16.6. The summed E-state index contributed by atoms with van der Waals surface area (Å²) in [5.74, 6) is -1.51. The second kappa shape index (κ2) is 5.51. The standard InChI is InChI=1S/C14H18N2O5/c1-13(2,12(18)19)14(3,4)15-11(17)9-5-7-10(8-6-9)16(20)21/h5-8H,1-4H3,(H,15,17)(H,18,19). The Morgan fingerprint density at radius 3 is 2.00 bits per heavy atom. The van der Waals surface area contributed by atoms with Crippen LogP contribution in [0.1, 0.15) is 38.1 Å². The van der Waals surface area contributed by atoms with Gasteiger partial charge in [-0.25, -0.2) is 0 Å². The molecule has 0 radical (unpaired) electrons. The van der Waals surface area contributed by atoms with E-state index in [-0.39, 0.29) is 11.3 Å². The van der Waals surface area contributed by atoms with Crippen LogP contribution < -0.4 is 5.32 Å². The predicted octanol–water partition coefficient (Wildman–Crippen LogP) is 2.21. The van der Waals surface area contributed by atoms with Crippen molar-refractivity contribution in [1.82, 2.24) is 5.32 Å². The zero-order valence-corrected chi connectivity index (χ0v) is 12.3. The fourth-order valence-corrected chi connectivity index (χ4v) is 1.51. The van der Waals surface area contributed by atoms with Gasteiger partial charge in [-0.3, -0.25) is 19.7 Å². The number of amides is 1. The van der Waals surface area contributed by atoms with Crippen molar-refractivity contribution in [2.75, 3.05) is 0 Å². The molecule has 0 aliphatic rings. The quantitative estimate of drug-likeness (QED) is 0.639. The van der Waals surface area contributed by atoms with Gasteiger partial charge < -0.3 is 10.4 Å². The van der Waals surface area contributed by atoms with E-state index in [2.05, 4.69) is 5.32 Å². The van der Waals surface area contributed by atoms with Crippen LogP contribution in [0.2, 0.25) is 0 Å². The van der Waals surface area contributed by atoms with E-state index < -0.39 is 27.8 Å². The van der Waals surface area contributed by atoms with Gasteiger partial charge in [0.25, 0.3) is 11.6 Å². The first-order valence-corrected chi connectivity index (χ1v) is 6.29. The molecule has 0 saturated carbocycles. The Bertz CT molecular complexity index is 576. The molecule has 0 bridgehead atoms. The molecule has 0 unspecified atom stereocenters. The van der Waals surface area contributed by atoms with Crippen molar-refractivity contribution < 1.29 is 19.6 Å². The van der Waals surface area contributed by atoms with Crippen molar-refractivity contribution in [3.05, 3.63) is 39.9 Å². The molecule has 1 amide bonds. The molecule has 2 N–H and O–H groups in total. The van der Waals surface area contributed by atoms with Crippen molar-refractivity contribution in [2.24, 2.45) is 5.41 Å². The molecule has 7 nitrogen and oxygen atoms in total. The first-order valence-electron chi connectivity index (χ1n) is 6.29. The minimum atomic E-state index is -1.18. The van der Waals surface area contributed by atoms with Gasteiger partial charge >= 0.3 is 5.97 Å². The topological polar surface area (TPSA) is 110 Å². The number of non-ortho nitro benzene ring substituents is 1. The first-order chi connectivity index (χ1) is 9.49. The molecule has 0 atom stereocenters. The number of benzene rings is 1. The van der Waals surface area contributed by atoms with E-state index >= 15 is 0 Å². The van der Waals surface area contributed by atoms with Crippen molar-refractivity contribution in [1.29, 1.82) is 0 Å². The Morgan fingerprint density at radius 2 is 1.62 bits per heavy atom. The summed E-state index contributed by atoms with van der Waals surface area (Å²) in [6.45, 7) is 6.27. The van der Waals surface area contributed by atoms with E-state index in [1.54, 1.807) is 13.8 Å². The summed E-state index contributed by atoms with van der Waals surface area (Å²) in [7, 11) is 0. The van der Waals surface area contributed by atoms with Crippen molar-refractivity contribution in [3.63, 3.8) is 0 Å². The highest BCUT2D eigenvalue weighted by molar-refractivity contribution is 5.95. The fraction of sp³-hybridized carbons (Fsp3) is 0.429. The molecule has 1 aromatic rings. The van der Waals surface area contributed by atoms with Gasteiger partial charge in [-0.1, -0.05) is 0 Å². The Labute approximate surface area is 122 Å². The largest absolute Gasteiger partial charge is 0.481 e. The second-order valence-corrected chi connectivity index (χ2v) is 5.81. The van der Waals surface area contributed by atoms with Gasteiger partial charge in [0.05, 0.1) is 15.9 Å². The van der Waals surface area contributed by atoms with E-state index in [1.165, 1.54) is 38.1 Å². The van der Waals surface area contributed by atoms with Crippen LogP contribution in [-0.4, -0.2) is 27.4 Å². The predicted molar refractivity (Wildman–Crippen MR) is 76.1 cm³/mol. The molecule has 1 rings (SSSR count). The molecule has 0 heterocycles. The lowest BCUT2D eigenvalue weighted by atomic mass is 9.74. The van der Waals surface area contributed by atoms with Gasteiger partial charge in [0, 0.05) is 17.7 Å². The molecule has 0 aliphatic heterocycles. The summed E-state index contributed by atoms with van der Waals surface area (Å²) in [6, 6.07) is 5.11. The summed E-state index contributed by atoms with van der Waals surface area (Å²) >= 11 is 0. The van der Waals surface area contributed by atoms with E-state index in [1.807, 2.05) is 0 Å². The van der Waals surface area contributed by atoms with Gasteiger partial charge in [0.2, 0.25) is 0 Å². The molecule has 7 heteroatoms. The van der Waals surface area contributed by atoms with E-state index in [9.17, 15) is 24.8 Å². The number of carboxylic acid groups (broad SMARTS) is 1. The number of nitrogens with zero attached hydrogens (tertiary/aromatic N) is 1. The Hall–Kier alpha value is -2.44. The van der Waals surface area contributed by atoms with Crippen LogP contribution in [0.25, 0.3) is 0 Å². The lowest BCUT2D eigenvalue weighted by Crippen LogP contribution is -2.56. The van der Waals surface area contributed by atoms with Gasteiger partial charge in [-0.2, -0.15) is 0 Å². The molecule has 0 fully saturated rings. The number of nitro groups is 1. The summed E-state index contributed by atoms with van der Waals surface area (Å²) in [5.41, 5.74) is -2.06. The maximum atomic E-state index is 12.1. The molecule has 1 aromatic carbocycles. The number of carbonyl (C=O) groups is 2. The van der Waals surface area contributed by atoms with Crippen LogP contribution in [0.15, 0.2) is 24.3 Å². The fourth-order valence-electron chi connectivity index (χ4n) is 1.51. The van der Waals surface area contributed by atoms with Gasteiger partial charge in [-0.05, 0) is 39.8 Å². The van der Waals surface area contributed by atoms with Crippen molar-refractivity contribution >= 4 is 17.6 Å².